The Kier molecular flexibility index (Phi) is 18.3. The Morgan fingerprint density at radius 1 is 0.742 bits per heavy atom. The van der Waals surface area contributed by atoms with E-state index in [1.54, 1.807) is 28.8 Å². The normalized spacial score (nSPS) is 13.2. The molecular formula is C37H47ClN6O15S3. The molecule has 21 nitrogen and oxygen atoms in total. The molecule has 0 bridgehead atoms. The summed E-state index contributed by atoms with van der Waals surface area (Å²) in [5.74, 6) is -10.7. The van der Waals surface area contributed by atoms with Crippen LogP contribution in [-0.2, 0) is 67.5 Å². The number of carbonyl (C=O) groups is 5. The number of nitrogens with zero attached hydrogens (tertiary/aromatic N) is 1. The maximum absolute atomic E-state index is 13.2. The van der Waals surface area contributed by atoms with Crippen LogP contribution in [-0.4, -0.2) is 129 Å². The van der Waals surface area contributed by atoms with Crippen molar-refractivity contribution in [2.75, 3.05) is 37.4 Å². The van der Waals surface area contributed by atoms with Crippen LogP contribution in [0.15, 0.2) is 60.7 Å². The van der Waals surface area contributed by atoms with Crippen molar-refractivity contribution in [1.29, 1.82) is 0 Å². The molecule has 0 aliphatic rings. The first-order valence-corrected chi connectivity index (χ1v) is 23.5. The standard InChI is InChI=1S/C37H47ClN6O15S3/c1-22-7-4-5-9-26(22)27-10-6-8-25(23(27)2)18-59-32-12-11-24(15-28(32)38)17-44(3)34(46)16-40-35(47)29(19-60(50,51)52)42-37(49)31(21-62(56,57)58)43-36(48)30(20-61(53,54)55)41-33(45)13-14-39/h4-12,15,29-31H,13-14,16-21,39H2,1-3H3,(H,40,47)(H,41,45)(H,42,49)(H,43,48)(H,50,51,52)(H,53,54,55)(H,56,57,58)/t29-,30-,31-/m0/s1. The first-order valence-electron chi connectivity index (χ1n) is 18.3. The zero-order chi connectivity index (χ0) is 46.6. The lowest BCUT2D eigenvalue weighted by atomic mass is 9.94. The summed E-state index contributed by atoms with van der Waals surface area (Å²) < 4.78 is 104. The van der Waals surface area contributed by atoms with Crippen molar-refractivity contribution in [3.8, 4) is 16.9 Å². The summed E-state index contributed by atoms with van der Waals surface area (Å²) in [4.78, 5) is 65.3. The molecule has 5 amide bonds. The van der Waals surface area contributed by atoms with Gasteiger partial charge in [0.1, 0.15) is 47.7 Å². The van der Waals surface area contributed by atoms with E-state index in [1.807, 2.05) is 61.6 Å². The second-order valence-electron chi connectivity index (χ2n) is 14.0. The van der Waals surface area contributed by atoms with E-state index in [9.17, 15) is 62.9 Å². The largest absolute Gasteiger partial charge is 0.487 e. The molecule has 9 N–H and O–H groups in total. The third-order valence-electron chi connectivity index (χ3n) is 8.94. The number of likely N-dealkylation sites (N-methyl/N-ethyl adjacent to an activating group) is 1. The molecular weight excluding hydrogens is 900 g/mol. The molecule has 0 saturated heterocycles. The highest BCUT2D eigenvalue weighted by molar-refractivity contribution is 7.86. The lowest BCUT2D eigenvalue weighted by Crippen LogP contribution is -2.60. The van der Waals surface area contributed by atoms with Gasteiger partial charge >= 0.3 is 0 Å². The molecule has 0 radical (unpaired) electrons. The SMILES string of the molecule is Cc1ccccc1-c1cccc(COc2ccc(CN(C)C(=O)CNC(=O)[C@H](CS(=O)(=O)O)NC(=O)[C@H](CS(=O)(=O)O)NC(=O)[C@H](CS(=O)(=O)O)NC(=O)CCN)cc2Cl)c1C. The third kappa shape index (κ3) is 16.9. The molecule has 25 heteroatoms. The predicted octanol–water partition coefficient (Wildman–Crippen LogP) is -0.256. The first kappa shape index (κ1) is 51.1. The van der Waals surface area contributed by atoms with Crippen molar-refractivity contribution >= 4 is 71.5 Å². The average Bonchev–Trinajstić information content (AvgIpc) is 3.15. The number of nitrogens with one attached hydrogen (secondary N) is 4. The van der Waals surface area contributed by atoms with Gasteiger partial charge in [-0.15, -0.1) is 0 Å². The fraction of sp³-hybridized carbons (Fsp3) is 0.378. The van der Waals surface area contributed by atoms with Crippen LogP contribution in [0.3, 0.4) is 0 Å². The third-order valence-corrected chi connectivity index (χ3v) is 11.5. The van der Waals surface area contributed by atoms with Gasteiger partial charge in [-0.2, -0.15) is 25.3 Å². The molecule has 0 unspecified atom stereocenters. The van der Waals surface area contributed by atoms with E-state index in [0.717, 1.165) is 32.7 Å². The molecule has 62 heavy (non-hydrogen) atoms. The fourth-order valence-corrected chi connectivity index (χ4v) is 8.05. The number of benzene rings is 3. The lowest BCUT2D eigenvalue weighted by Gasteiger charge is -2.24. The Hall–Kier alpha value is -5.21. The van der Waals surface area contributed by atoms with Crippen LogP contribution in [0, 0.1) is 13.8 Å². The maximum Gasteiger partial charge on any atom is 0.267 e. The first-order chi connectivity index (χ1) is 28.8. The Balaban J connectivity index is 1.68. The van der Waals surface area contributed by atoms with E-state index in [0.29, 0.717) is 11.3 Å². The summed E-state index contributed by atoms with van der Waals surface area (Å²) in [5, 5.41) is 7.76. The Bertz CT molecular complexity index is 2490. The van der Waals surface area contributed by atoms with Gasteiger partial charge in [-0.1, -0.05) is 60.1 Å². The number of carbonyl (C=O) groups excluding carboxylic acids is 5. The summed E-state index contributed by atoms with van der Waals surface area (Å²) >= 11 is 6.52. The number of nitrogens with two attached hydrogens (primary N) is 1. The van der Waals surface area contributed by atoms with Gasteiger partial charge in [0.25, 0.3) is 30.4 Å². The topological polar surface area (TPSA) is 335 Å². The quantitative estimate of drug-likeness (QED) is 0.0602. The second-order valence-corrected chi connectivity index (χ2v) is 18.9. The highest BCUT2D eigenvalue weighted by atomic mass is 35.5. The van der Waals surface area contributed by atoms with Crippen molar-refractivity contribution in [1.82, 2.24) is 26.2 Å². The summed E-state index contributed by atoms with van der Waals surface area (Å²) in [6, 6.07) is 12.0. The molecule has 0 saturated carbocycles. The minimum Gasteiger partial charge on any atom is -0.487 e. The number of aryl methyl sites for hydroxylation is 1. The van der Waals surface area contributed by atoms with Crippen molar-refractivity contribution in [3.63, 3.8) is 0 Å². The van der Waals surface area contributed by atoms with Crippen LogP contribution in [0.1, 0.15) is 28.7 Å². The summed E-state index contributed by atoms with van der Waals surface area (Å²) in [6.45, 7) is 3.15. The van der Waals surface area contributed by atoms with E-state index >= 15 is 0 Å². The van der Waals surface area contributed by atoms with E-state index in [4.69, 9.17) is 22.1 Å². The van der Waals surface area contributed by atoms with E-state index in [1.165, 1.54) is 7.05 Å². The minimum absolute atomic E-state index is 0.0419. The van der Waals surface area contributed by atoms with Gasteiger partial charge < -0.3 is 36.6 Å². The van der Waals surface area contributed by atoms with Crippen molar-refractivity contribution in [2.45, 2.75) is 51.5 Å². The Morgan fingerprint density at radius 2 is 1.27 bits per heavy atom. The highest BCUT2D eigenvalue weighted by Gasteiger charge is 2.35. The molecule has 0 spiro atoms. The summed E-state index contributed by atoms with van der Waals surface area (Å²) in [6.07, 6.45) is -0.433. The van der Waals surface area contributed by atoms with Gasteiger partial charge in [0, 0.05) is 26.6 Å². The fourth-order valence-electron chi connectivity index (χ4n) is 5.83. The number of ether oxygens (including phenoxy) is 1. The minimum atomic E-state index is -5.17. The molecule has 3 aromatic carbocycles. The van der Waals surface area contributed by atoms with E-state index in [-0.39, 0.29) is 24.7 Å². The number of hydrogen-bond acceptors (Lipinski definition) is 13. The molecule has 3 atom stereocenters. The van der Waals surface area contributed by atoms with Gasteiger partial charge in [0.05, 0.1) is 11.6 Å². The Labute approximate surface area is 363 Å². The summed E-state index contributed by atoms with van der Waals surface area (Å²) in [7, 11) is -13.9. The average molecular weight is 947 g/mol. The molecule has 0 aliphatic carbocycles. The molecule has 0 fully saturated rings. The van der Waals surface area contributed by atoms with Crippen LogP contribution >= 0.6 is 11.6 Å². The number of hydrogen-bond donors (Lipinski definition) is 8. The molecule has 0 aromatic heterocycles. The van der Waals surface area contributed by atoms with Crippen LogP contribution < -0.4 is 31.7 Å². The van der Waals surface area contributed by atoms with Crippen LogP contribution in [0.4, 0.5) is 0 Å². The highest BCUT2D eigenvalue weighted by Crippen LogP contribution is 2.31. The maximum atomic E-state index is 13.2. The number of rotatable bonds is 22. The molecule has 340 valence electrons. The van der Waals surface area contributed by atoms with E-state index < -0.39 is 108 Å². The zero-order valence-electron chi connectivity index (χ0n) is 33.5. The zero-order valence-corrected chi connectivity index (χ0v) is 36.7. The molecule has 3 rings (SSSR count). The summed E-state index contributed by atoms with van der Waals surface area (Å²) in [5.41, 5.74) is 11.1. The van der Waals surface area contributed by atoms with Gasteiger partial charge in [0.15, 0.2) is 0 Å². The predicted molar refractivity (Wildman–Crippen MR) is 225 cm³/mol. The second kappa shape index (κ2) is 22.2. The lowest BCUT2D eigenvalue weighted by molar-refractivity contribution is -0.134. The van der Waals surface area contributed by atoms with Crippen molar-refractivity contribution in [2.24, 2.45) is 5.73 Å². The van der Waals surface area contributed by atoms with Crippen molar-refractivity contribution in [3.05, 3.63) is 87.9 Å². The van der Waals surface area contributed by atoms with Crippen LogP contribution in [0.2, 0.25) is 5.02 Å². The van der Waals surface area contributed by atoms with Gasteiger partial charge in [-0.25, -0.2) is 0 Å². The van der Waals surface area contributed by atoms with Crippen LogP contribution in [0.5, 0.6) is 5.75 Å². The van der Waals surface area contributed by atoms with E-state index in [2.05, 4.69) is 5.32 Å². The van der Waals surface area contributed by atoms with Crippen molar-refractivity contribution < 1.29 is 67.6 Å². The van der Waals surface area contributed by atoms with Crippen LogP contribution in [0.25, 0.3) is 11.1 Å². The smallest absolute Gasteiger partial charge is 0.267 e. The molecule has 3 aromatic rings. The number of halogens is 1. The molecule has 0 heterocycles. The van der Waals surface area contributed by atoms with Gasteiger partial charge in [-0.3, -0.25) is 37.6 Å². The number of amides is 5. The monoisotopic (exact) mass is 946 g/mol. The Morgan fingerprint density at radius 3 is 1.81 bits per heavy atom. The molecule has 0 aliphatic heterocycles. The van der Waals surface area contributed by atoms with Gasteiger partial charge in [-0.05, 0) is 59.4 Å². The van der Waals surface area contributed by atoms with Gasteiger partial charge in [0.2, 0.25) is 29.5 Å².